The molecule has 1 aromatic heterocycles. The second-order valence-electron chi connectivity index (χ2n) is 7.30. The van der Waals surface area contributed by atoms with Crippen molar-refractivity contribution >= 4 is 11.8 Å². The van der Waals surface area contributed by atoms with Crippen molar-refractivity contribution in [3.8, 4) is 0 Å². The Morgan fingerprint density at radius 1 is 1.33 bits per heavy atom. The molecule has 3 unspecified atom stereocenters. The van der Waals surface area contributed by atoms with Gasteiger partial charge in [0.2, 0.25) is 0 Å². The average molecular weight is 368 g/mol. The minimum absolute atomic E-state index is 0.0300. The molecule has 4 rings (SSSR count). The van der Waals surface area contributed by atoms with Gasteiger partial charge in [-0.15, -0.1) is 0 Å². The number of hydrogen-bond acceptors (Lipinski definition) is 6. The second-order valence-corrected chi connectivity index (χ2v) is 7.30. The summed E-state index contributed by atoms with van der Waals surface area (Å²) in [6.45, 7) is 2.84. The van der Waals surface area contributed by atoms with Gasteiger partial charge in [-0.2, -0.15) is 0 Å². The topological polar surface area (TPSA) is 77.5 Å². The summed E-state index contributed by atoms with van der Waals surface area (Å²) in [4.78, 5) is 29.8. The molecule has 3 aliphatic rings. The van der Waals surface area contributed by atoms with E-state index in [1.54, 1.807) is 12.4 Å². The van der Waals surface area contributed by atoms with Crippen molar-refractivity contribution in [2.45, 2.75) is 44.6 Å². The molecule has 3 atom stereocenters. The molecule has 3 heterocycles. The molecular weight excluding hydrogens is 344 g/mol. The lowest BCUT2D eigenvalue weighted by Gasteiger charge is -2.38. The van der Waals surface area contributed by atoms with Crippen LogP contribution in [0.4, 0.5) is 0 Å². The van der Waals surface area contributed by atoms with Gasteiger partial charge in [-0.1, -0.05) is 6.08 Å². The van der Waals surface area contributed by atoms with Crippen molar-refractivity contribution in [1.82, 2.24) is 10.3 Å². The van der Waals surface area contributed by atoms with E-state index in [9.17, 15) is 9.59 Å². The van der Waals surface area contributed by atoms with E-state index in [2.05, 4.69) is 16.4 Å². The van der Waals surface area contributed by atoms with Crippen LogP contribution in [0.25, 0.3) is 0 Å². The molecule has 6 heteroatoms. The maximum atomic E-state index is 13.0. The molecule has 6 nitrogen and oxygen atoms in total. The second kappa shape index (κ2) is 7.64. The zero-order valence-electron chi connectivity index (χ0n) is 15.4. The van der Waals surface area contributed by atoms with Gasteiger partial charge in [0.1, 0.15) is 12.4 Å². The number of hydrogen-bond donors (Lipinski definition) is 1. The van der Waals surface area contributed by atoms with Gasteiger partial charge in [-0.25, -0.2) is 4.79 Å². The SMILES string of the molecule is CC1=C(C(=O)OCC2CCCO2)C(c2ccncc2)C2C(=O)CCC=C2N1. The normalized spacial score (nSPS) is 27.7. The Bertz CT molecular complexity index is 794. The summed E-state index contributed by atoms with van der Waals surface area (Å²) in [5.74, 6) is -0.964. The van der Waals surface area contributed by atoms with Gasteiger partial charge >= 0.3 is 5.97 Å². The monoisotopic (exact) mass is 368 g/mol. The summed E-state index contributed by atoms with van der Waals surface area (Å²) in [7, 11) is 0. The highest BCUT2D eigenvalue weighted by Crippen LogP contribution is 2.43. The van der Waals surface area contributed by atoms with Gasteiger partial charge in [0.05, 0.1) is 17.6 Å². The molecule has 0 radical (unpaired) electrons. The first-order chi connectivity index (χ1) is 13.1. The maximum Gasteiger partial charge on any atom is 0.336 e. The van der Waals surface area contributed by atoms with Crippen molar-refractivity contribution in [3.05, 3.63) is 53.1 Å². The van der Waals surface area contributed by atoms with Gasteiger partial charge in [-0.05, 0) is 43.9 Å². The van der Waals surface area contributed by atoms with E-state index in [4.69, 9.17) is 9.47 Å². The van der Waals surface area contributed by atoms with Gasteiger partial charge in [0.25, 0.3) is 0 Å². The molecule has 0 bridgehead atoms. The minimum Gasteiger partial charge on any atom is -0.460 e. The van der Waals surface area contributed by atoms with Gasteiger partial charge in [0.15, 0.2) is 0 Å². The Kier molecular flexibility index (Phi) is 5.07. The number of nitrogens with zero attached hydrogens (tertiary/aromatic N) is 1. The number of nitrogens with one attached hydrogen (secondary N) is 1. The third-order valence-electron chi connectivity index (χ3n) is 5.53. The first-order valence-electron chi connectivity index (χ1n) is 9.54. The molecule has 1 saturated heterocycles. The first kappa shape index (κ1) is 17.9. The number of esters is 1. The summed E-state index contributed by atoms with van der Waals surface area (Å²) in [5, 5.41) is 3.28. The highest BCUT2D eigenvalue weighted by Gasteiger charge is 2.43. The van der Waals surface area contributed by atoms with Crippen LogP contribution in [0.3, 0.4) is 0 Å². The number of pyridine rings is 1. The number of aromatic nitrogens is 1. The van der Waals surface area contributed by atoms with Crippen LogP contribution < -0.4 is 5.32 Å². The van der Waals surface area contributed by atoms with Crippen LogP contribution >= 0.6 is 0 Å². The average Bonchev–Trinajstić information content (AvgIpc) is 3.19. The third kappa shape index (κ3) is 3.54. The van der Waals surface area contributed by atoms with Crippen LogP contribution in [0, 0.1) is 5.92 Å². The maximum absolute atomic E-state index is 13.0. The molecule has 1 aliphatic carbocycles. The molecule has 1 N–H and O–H groups in total. The predicted molar refractivity (Wildman–Crippen MR) is 98.6 cm³/mol. The standard InChI is InChI=1S/C21H24N2O4/c1-13-18(21(25)27-12-15-4-3-11-26-15)19(14-7-9-22-10-8-14)20-16(23-13)5-2-6-17(20)24/h5,7-10,15,19-20,23H,2-4,6,11-12H2,1H3. The summed E-state index contributed by atoms with van der Waals surface area (Å²) >= 11 is 0. The molecule has 0 saturated carbocycles. The Morgan fingerprint density at radius 2 is 2.15 bits per heavy atom. The Morgan fingerprint density at radius 3 is 2.89 bits per heavy atom. The van der Waals surface area contributed by atoms with E-state index in [-0.39, 0.29) is 36.3 Å². The number of fused-ring (bicyclic) bond motifs is 1. The van der Waals surface area contributed by atoms with Crippen LogP contribution in [-0.4, -0.2) is 36.1 Å². The zero-order chi connectivity index (χ0) is 18.8. The first-order valence-corrected chi connectivity index (χ1v) is 9.54. The lowest BCUT2D eigenvalue weighted by atomic mass is 9.71. The van der Waals surface area contributed by atoms with Crippen molar-refractivity contribution in [3.63, 3.8) is 0 Å². The fourth-order valence-electron chi connectivity index (χ4n) is 4.24. The summed E-state index contributed by atoms with van der Waals surface area (Å²) in [6, 6.07) is 3.74. The van der Waals surface area contributed by atoms with E-state index >= 15 is 0 Å². The Balaban J connectivity index is 1.67. The van der Waals surface area contributed by atoms with Crippen molar-refractivity contribution in [2.24, 2.45) is 5.92 Å². The zero-order valence-corrected chi connectivity index (χ0v) is 15.4. The van der Waals surface area contributed by atoms with Gasteiger partial charge in [0, 0.05) is 42.7 Å². The lowest BCUT2D eigenvalue weighted by Crippen LogP contribution is -2.41. The van der Waals surface area contributed by atoms with E-state index in [0.29, 0.717) is 12.0 Å². The van der Waals surface area contributed by atoms with Crippen molar-refractivity contribution < 1.29 is 19.1 Å². The van der Waals surface area contributed by atoms with Crippen LogP contribution in [-0.2, 0) is 19.1 Å². The quantitative estimate of drug-likeness (QED) is 0.824. The predicted octanol–water partition coefficient (Wildman–Crippen LogP) is 2.63. The number of ketones is 1. The van der Waals surface area contributed by atoms with Crippen LogP contribution in [0.15, 0.2) is 47.6 Å². The number of ether oxygens (including phenoxy) is 2. The fourth-order valence-corrected chi connectivity index (χ4v) is 4.24. The van der Waals surface area contributed by atoms with Crippen LogP contribution in [0.5, 0.6) is 0 Å². The number of allylic oxidation sites excluding steroid dienone is 3. The van der Waals surface area contributed by atoms with Gasteiger partial charge in [-0.3, -0.25) is 9.78 Å². The molecule has 1 fully saturated rings. The Hall–Kier alpha value is -2.47. The minimum atomic E-state index is -0.380. The van der Waals surface area contributed by atoms with Crippen LogP contribution in [0.2, 0.25) is 0 Å². The van der Waals surface area contributed by atoms with E-state index < -0.39 is 0 Å². The van der Waals surface area contributed by atoms with E-state index in [1.807, 2.05) is 19.1 Å². The molecule has 0 spiro atoms. The molecule has 2 aliphatic heterocycles. The smallest absolute Gasteiger partial charge is 0.336 e. The van der Waals surface area contributed by atoms with Gasteiger partial charge < -0.3 is 14.8 Å². The molecule has 0 amide bonds. The highest BCUT2D eigenvalue weighted by atomic mass is 16.6. The fraction of sp³-hybridized carbons (Fsp3) is 0.476. The molecule has 0 aromatic carbocycles. The Labute approximate surface area is 158 Å². The number of Topliss-reactive ketones (excluding diaryl/α,β-unsaturated/α-hetero) is 1. The molecule has 1 aromatic rings. The van der Waals surface area contributed by atoms with Crippen molar-refractivity contribution in [1.29, 1.82) is 0 Å². The molecular formula is C21H24N2O4. The van der Waals surface area contributed by atoms with Crippen LogP contribution in [0.1, 0.15) is 44.1 Å². The largest absolute Gasteiger partial charge is 0.460 e. The lowest BCUT2D eigenvalue weighted by molar-refractivity contribution is -0.143. The summed E-state index contributed by atoms with van der Waals surface area (Å²) in [6.07, 6.45) is 8.55. The molecule has 142 valence electrons. The number of rotatable bonds is 4. The summed E-state index contributed by atoms with van der Waals surface area (Å²) < 4.78 is 11.1. The third-order valence-corrected chi connectivity index (χ3v) is 5.53. The molecule has 27 heavy (non-hydrogen) atoms. The van der Waals surface area contributed by atoms with E-state index in [0.717, 1.165) is 42.8 Å². The number of carbonyl (C=O) groups is 2. The summed E-state index contributed by atoms with van der Waals surface area (Å²) in [5.41, 5.74) is 3.06. The highest BCUT2D eigenvalue weighted by molar-refractivity contribution is 5.96. The van der Waals surface area contributed by atoms with Crippen molar-refractivity contribution in [2.75, 3.05) is 13.2 Å². The van der Waals surface area contributed by atoms with E-state index in [1.165, 1.54) is 0 Å². The number of carbonyl (C=O) groups excluding carboxylic acids is 2.